The van der Waals surface area contributed by atoms with Crippen LogP contribution in [0.5, 0.6) is 23.0 Å². The number of allylic oxidation sites excluding steroid dienone is 1. The van der Waals surface area contributed by atoms with Gasteiger partial charge in [-0.2, -0.15) is 0 Å². The minimum Gasteiger partial charge on any atom is -0.497 e. The molecule has 0 aliphatic carbocycles. The number of hydrogen-bond donors (Lipinski definition) is 0. The van der Waals surface area contributed by atoms with Crippen LogP contribution in [-0.4, -0.2) is 26.6 Å². The van der Waals surface area contributed by atoms with Crippen LogP contribution in [-0.2, 0) is 0 Å². The fraction of sp³-hybridized carbons (Fsp3) is 0.227. The molecular formula is C22H22O5. The highest BCUT2D eigenvalue weighted by atomic mass is 16.5. The Kier molecular flexibility index (Phi) is 5.21. The molecule has 0 N–H and O–H groups in total. The summed E-state index contributed by atoms with van der Waals surface area (Å²) in [6.45, 7) is 7.99. The van der Waals surface area contributed by atoms with E-state index in [0.29, 0.717) is 40.7 Å². The fourth-order valence-corrected chi connectivity index (χ4v) is 2.86. The Morgan fingerprint density at radius 3 is 2.59 bits per heavy atom. The molecule has 0 amide bonds. The summed E-state index contributed by atoms with van der Waals surface area (Å²) in [5.41, 5.74) is 2.96. The van der Waals surface area contributed by atoms with E-state index >= 15 is 0 Å². The highest BCUT2D eigenvalue weighted by Crippen LogP contribution is 2.38. The van der Waals surface area contributed by atoms with E-state index in [1.54, 1.807) is 44.6 Å². The minimum absolute atomic E-state index is 0.168. The number of rotatable bonds is 6. The summed E-state index contributed by atoms with van der Waals surface area (Å²) in [5, 5.41) is 0. The van der Waals surface area contributed by atoms with Crippen molar-refractivity contribution < 1.29 is 23.7 Å². The maximum absolute atomic E-state index is 12.8. The van der Waals surface area contributed by atoms with Gasteiger partial charge in [0.1, 0.15) is 29.6 Å². The highest BCUT2D eigenvalue weighted by Gasteiger charge is 2.30. The zero-order valence-electron chi connectivity index (χ0n) is 15.9. The van der Waals surface area contributed by atoms with Gasteiger partial charge in [-0.3, -0.25) is 4.79 Å². The highest BCUT2D eigenvalue weighted by molar-refractivity contribution is 6.15. The van der Waals surface area contributed by atoms with Crippen molar-refractivity contribution in [3.8, 4) is 23.0 Å². The average molecular weight is 366 g/mol. The first-order valence-electron chi connectivity index (χ1n) is 8.51. The van der Waals surface area contributed by atoms with Crippen molar-refractivity contribution in [2.24, 2.45) is 0 Å². The van der Waals surface area contributed by atoms with E-state index in [9.17, 15) is 4.79 Å². The van der Waals surface area contributed by atoms with Gasteiger partial charge in [-0.1, -0.05) is 6.58 Å². The van der Waals surface area contributed by atoms with Crippen LogP contribution in [0.2, 0.25) is 0 Å². The summed E-state index contributed by atoms with van der Waals surface area (Å²) in [6, 6.07) is 8.93. The lowest BCUT2D eigenvalue weighted by Gasteiger charge is -2.09. The molecule has 1 heterocycles. The van der Waals surface area contributed by atoms with Crippen LogP contribution in [0.25, 0.3) is 6.08 Å². The lowest BCUT2D eigenvalue weighted by atomic mass is 10.0. The second-order valence-corrected chi connectivity index (χ2v) is 6.41. The fourth-order valence-electron chi connectivity index (χ4n) is 2.86. The van der Waals surface area contributed by atoms with Gasteiger partial charge in [-0.15, -0.1) is 0 Å². The Labute approximate surface area is 158 Å². The van der Waals surface area contributed by atoms with Crippen molar-refractivity contribution in [2.45, 2.75) is 13.8 Å². The molecule has 5 nitrogen and oxygen atoms in total. The molecule has 2 aromatic rings. The normalized spacial score (nSPS) is 13.9. The molecule has 0 unspecified atom stereocenters. The van der Waals surface area contributed by atoms with Gasteiger partial charge in [0.05, 0.1) is 19.8 Å². The minimum atomic E-state index is -0.168. The van der Waals surface area contributed by atoms with E-state index < -0.39 is 0 Å². The van der Waals surface area contributed by atoms with Crippen LogP contribution in [0.15, 0.2) is 48.2 Å². The number of benzene rings is 2. The zero-order valence-corrected chi connectivity index (χ0v) is 15.9. The van der Waals surface area contributed by atoms with Crippen LogP contribution in [0.3, 0.4) is 0 Å². The molecule has 1 aliphatic heterocycles. The predicted molar refractivity (Wildman–Crippen MR) is 104 cm³/mol. The second kappa shape index (κ2) is 7.58. The zero-order chi connectivity index (χ0) is 19.6. The quantitative estimate of drug-likeness (QED) is 0.553. The van der Waals surface area contributed by atoms with Crippen molar-refractivity contribution >= 4 is 11.9 Å². The van der Waals surface area contributed by atoms with E-state index in [1.807, 2.05) is 19.9 Å². The first-order valence-corrected chi connectivity index (χ1v) is 8.51. The van der Waals surface area contributed by atoms with E-state index in [1.165, 1.54) is 0 Å². The largest absolute Gasteiger partial charge is 0.497 e. The number of ketones is 1. The second-order valence-electron chi connectivity index (χ2n) is 6.41. The molecule has 0 bridgehead atoms. The smallest absolute Gasteiger partial charge is 0.232 e. The molecule has 2 aromatic carbocycles. The monoisotopic (exact) mass is 366 g/mol. The third-order valence-corrected chi connectivity index (χ3v) is 4.15. The molecule has 0 atom stereocenters. The maximum Gasteiger partial charge on any atom is 0.232 e. The number of carbonyl (C=O) groups is 1. The van der Waals surface area contributed by atoms with E-state index in [0.717, 1.165) is 11.1 Å². The van der Waals surface area contributed by atoms with Crippen LogP contribution >= 0.6 is 0 Å². The van der Waals surface area contributed by atoms with Gasteiger partial charge in [0, 0.05) is 11.6 Å². The predicted octanol–water partition coefficient (Wildman–Crippen LogP) is 4.58. The number of aryl methyl sites for hydroxylation is 1. The van der Waals surface area contributed by atoms with Crippen LogP contribution < -0.4 is 18.9 Å². The number of methoxy groups -OCH3 is 2. The van der Waals surface area contributed by atoms with Crippen LogP contribution in [0.1, 0.15) is 28.4 Å². The molecule has 1 aliphatic rings. The summed E-state index contributed by atoms with van der Waals surface area (Å²) < 4.78 is 22.1. The summed E-state index contributed by atoms with van der Waals surface area (Å²) >= 11 is 0. The molecule has 0 spiro atoms. The number of fused-ring (bicyclic) bond motifs is 1. The molecule has 0 aromatic heterocycles. The standard InChI is InChI=1S/C22H22O5/c1-13(2)12-26-17-8-14(3)21-19(11-17)27-20(22(21)23)10-15-9-16(24-4)6-7-18(15)25-5/h6-11H,1,12H2,2-5H3/b20-10-. The first-order chi connectivity index (χ1) is 12.9. The third-order valence-electron chi connectivity index (χ3n) is 4.15. The summed E-state index contributed by atoms with van der Waals surface area (Å²) in [6.07, 6.45) is 1.66. The van der Waals surface area contributed by atoms with Crippen LogP contribution in [0, 0.1) is 6.92 Å². The number of hydrogen-bond acceptors (Lipinski definition) is 5. The lowest BCUT2D eigenvalue weighted by Crippen LogP contribution is -2.01. The Hall–Kier alpha value is -3.21. The third kappa shape index (κ3) is 3.82. The van der Waals surface area contributed by atoms with Gasteiger partial charge in [0.2, 0.25) is 5.78 Å². The Balaban J connectivity index is 1.96. The summed E-state index contributed by atoms with van der Waals surface area (Å²) in [7, 11) is 3.16. The average Bonchev–Trinajstić information content (AvgIpc) is 2.95. The molecule has 27 heavy (non-hydrogen) atoms. The van der Waals surface area contributed by atoms with Crippen molar-refractivity contribution in [3.63, 3.8) is 0 Å². The lowest BCUT2D eigenvalue weighted by molar-refractivity contribution is 0.101. The molecule has 0 fully saturated rings. The molecule has 3 rings (SSSR count). The molecule has 0 radical (unpaired) electrons. The van der Waals surface area contributed by atoms with Gasteiger partial charge >= 0.3 is 0 Å². The number of ether oxygens (including phenoxy) is 4. The maximum atomic E-state index is 12.8. The molecule has 140 valence electrons. The van der Waals surface area contributed by atoms with Gasteiger partial charge in [-0.25, -0.2) is 0 Å². The van der Waals surface area contributed by atoms with Crippen molar-refractivity contribution in [1.82, 2.24) is 0 Å². The van der Waals surface area contributed by atoms with Gasteiger partial charge < -0.3 is 18.9 Å². The first kappa shape index (κ1) is 18.6. The number of carbonyl (C=O) groups excluding carboxylic acids is 1. The molecule has 0 saturated carbocycles. The van der Waals surface area contributed by atoms with Crippen LogP contribution in [0.4, 0.5) is 0 Å². The molecular weight excluding hydrogens is 344 g/mol. The molecule has 0 saturated heterocycles. The SMILES string of the molecule is C=C(C)COc1cc(C)c2c(c1)O/C(=C\c1cc(OC)ccc1OC)C2=O. The number of Topliss-reactive ketones (excluding diaryl/α,β-unsaturated/α-hetero) is 1. The van der Waals surface area contributed by atoms with Gasteiger partial charge in [0.25, 0.3) is 0 Å². The van der Waals surface area contributed by atoms with Gasteiger partial charge in [0.15, 0.2) is 5.76 Å². The van der Waals surface area contributed by atoms with E-state index in [4.69, 9.17) is 18.9 Å². The van der Waals surface area contributed by atoms with Crippen molar-refractivity contribution in [2.75, 3.05) is 20.8 Å². The molecule has 5 heteroatoms. The Bertz CT molecular complexity index is 940. The van der Waals surface area contributed by atoms with Crippen molar-refractivity contribution in [3.05, 3.63) is 64.9 Å². The van der Waals surface area contributed by atoms with E-state index in [-0.39, 0.29) is 11.5 Å². The summed E-state index contributed by atoms with van der Waals surface area (Å²) in [5.74, 6) is 2.48. The van der Waals surface area contributed by atoms with E-state index in [2.05, 4.69) is 6.58 Å². The Morgan fingerprint density at radius 1 is 1.15 bits per heavy atom. The topological polar surface area (TPSA) is 54.0 Å². The van der Waals surface area contributed by atoms with Crippen molar-refractivity contribution in [1.29, 1.82) is 0 Å². The Morgan fingerprint density at radius 2 is 1.93 bits per heavy atom. The summed E-state index contributed by atoms with van der Waals surface area (Å²) in [4.78, 5) is 12.8. The van der Waals surface area contributed by atoms with Gasteiger partial charge in [-0.05, 0) is 55.3 Å².